The maximum Gasteiger partial charge on any atom is 0.313 e. The molecular formula is C18H24O4S. The van der Waals surface area contributed by atoms with Crippen LogP contribution in [0.1, 0.15) is 56.3 Å². The second-order valence-corrected chi connectivity index (χ2v) is 7.57. The molecular weight excluding hydrogens is 312 g/mol. The van der Waals surface area contributed by atoms with Crippen molar-refractivity contribution in [1.29, 1.82) is 0 Å². The zero-order valence-corrected chi connectivity index (χ0v) is 14.4. The second-order valence-electron chi connectivity index (χ2n) is 6.38. The molecule has 126 valence electrons. The van der Waals surface area contributed by atoms with Gasteiger partial charge in [-0.2, -0.15) is 0 Å². The van der Waals surface area contributed by atoms with E-state index in [0.717, 1.165) is 36.3 Å². The van der Waals surface area contributed by atoms with Gasteiger partial charge in [0.15, 0.2) is 0 Å². The maximum atomic E-state index is 11.0. The van der Waals surface area contributed by atoms with E-state index in [2.05, 4.69) is 0 Å². The number of carbonyl (C=O) groups is 1. The van der Waals surface area contributed by atoms with Crippen LogP contribution in [0.4, 0.5) is 0 Å². The quantitative estimate of drug-likeness (QED) is 0.862. The summed E-state index contributed by atoms with van der Waals surface area (Å²) in [6, 6.07) is 5.96. The highest BCUT2D eigenvalue weighted by atomic mass is 32.2. The number of ether oxygens (including phenoxy) is 2. The number of aliphatic carboxylic acids is 1. The van der Waals surface area contributed by atoms with E-state index < -0.39 is 5.97 Å². The van der Waals surface area contributed by atoms with Crippen molar-refractivity contribution in [3.05, 3.63) is 23.8 Å². The molecule has 1 aromatic rings. The van der Waals surface area contributed by atoms with Crippen LogP contribution in [0.15, 0.2) is 18.2 Å². The molecule has 3 rings (SSSR count). The predicted molar refractivity (Wildman–Crippen MR) is 91.5 cm³/mol. The van der Waals surface area contributed by atoms with E-state index in [1.807, 2.05) is 25.1 Å². The smallest absolute Gasteiger partial charge is 0.313 e. The van der Waals surface area contributed by atoms with Gasteiger partial charge in [-0.25, -0.2) is 0 Å². The summed E-state index contributed by atoms with van der Waals surface area (Å²) in [6.07, 6.45) is 6.71. The van der Waals surface area contributed by atoms with Gasteiger partial charge in [0.25, 0.3) is 0 Å². The van der Waals surface area contributed by atoms with Gasteiger partial charge in [-0.15, -0.1) is 11.8 Å². The highest BCUT2D eigenvalue weighted by Crippen LogP contribution is 2.51. The van der Waals surface area contributed by atoms with Crippen LogP contribution in [0.2, 0.25) is 0 Å². The summed E-state index contributed by atoms with van der Waals surface area (Å²) in [6.45, 7) is 2.58. The van der Waals surface area contributed by atoms with Crippen LogP contribution in [0.5, 0.6) is 11.5 Å². The van der Waals surface area contributed by atoms with E-state index >= 15 is 0 Å². The Balaban J connectivity index is 1.88. The Labute approximate surface area is 141 Å². The topological polar surface area (TPSA) is 55.8 Å². The minimum absolute atomic E-state index is 0.103. The first-order chi connectivity index (χ1) is 11.1. The van der Waals surface area contributed by atoms with E-state index in [1.54, 1.807) is 0 Å². The largest absolute Gasteiger partial charge is 0.494 e. The zero-order valence-electron chi connectivity index (χ0n) is 13.5. The fourth-order valence-corrected chi connectivity index (χ4v) is 4.80. The number of fused-ring (bicyclic) bond motifs is 1. The lowest BCUT2D eigenvalue weighted by atomic mass is 9.78. The Morgan fingerprint density at radius 2 is 2.17 bits per heavy atom. The number of hydrogen-bond acceptors (Lipinski definition) is 4. The van der Waals surface area contributed by atoms with Gasteiger partial charge in [0.2, 0.25) is 0 Å². The molecule has 1 fully saturated rings. The monoisotopic (exact) mass is 336 g/mol. The molecule has 1 saturated carbocycles. The van der Waals surface area contributed by atoms with Gasteiger partial charge in [0.05, 0.1) is 12.4 Å². The summed E-state index contributed by atoms with van der Waals surface area (Å²) in [5.74, 6) is 1.10. The molecule has 23 heavy (non-hydrogen) atoms. The first kappa shape index (κ1) is 16.5. The van der Waals surface area contributed by atoms with Gasteiger partial charge in [-0.1, -0.05) is 6.42 Å². The van der Waals surface area contributed by atoms with Crippen molar-refractivity contribution in [2.24, 2.45) is 0 Å². The number of rotatable bonds is 5. The fourth-order valence-electron chi connectivity index (χ4n) is 3.67. The summed E-state index contributed by atoms with van der Waals surface area (Å²) in [5.41, 5.74) is 0.979. The molecule has 5 heteroatoms. The van der Waals surface area contributed by atoms with Crippen LogP contribution in [0.3, 0.4) is 0 Å². The summed E-state index contributed by atoms with van der Waals surface area (Å²) in [7, 11) is 0. The molecule has 1 spiro atoms. The Hall–Kier alpha value is -1.36. The summed E-state index contributed by atoms with van der Waals surface area (Å²) in [5, 5.41) is 9.22. The van der Waals surface area contributed by atoms with Gasteiger partial charge in [0, 0.05) is 17.2 Å². The third-order valence-corrected chi connectivity index (χ3v) is 5.93. The van der Waals surface area contributed by atoms with E-state index in [1.165, 1.54) is 31.0 Å². The van der Waals surface area contributed by atoms with Crippen LogP contribution < -0.4 is 9.47 Å². The average molecular weight is 336 g/mol. The number of carboxylic acid groups (broad SMARTS) is 1. The van der Waals surface area contributed by atoms with Gasteiger partial charge in [-0.05, 0) is 50.8 Å². The standard InChI is InChI=1S/C18H24O4S/c1-2-21-13-6-7-15-14(10-13)16(23-12-17(19)20)11-18(22-15)8-4-3-5-9-18/h6-7,10,16H,2-5,8-9,11-12H2,1H3,(H,19,20)/t16-/m1/s1. The van der Waals surface area contributed by atoms with Crippen molar-refractivity contribution in [1.82, 2.24) is 0 Å². The van der Waals surface area contributed by atoms with Crippen molar-refractivity contribution >= 4 is 17.7 Å². The molecule has 0 unspecified atom stereocenters. The van der Waals surface area contributed by atoms with Gasteiger partial charge in [-0.3, -0.25) is 4.79 Å². The minimum Gasteiger partial charge on any atom is -0.494 e. The maximum absolute atomic E-state index is 11.0. The van der Waals surface area contributed by atoms with Crippen LogP contribution in [-0.2, 0) is 4.79 Å². The lowest BCUT2D eigenvalue weighted by Gasteiger charge is -2.44. The Morgan fingerprint density at radius 3 is 2.87 bits per heavy atom. The minimum atomic E-state index is -0.762. The van der Waals surface area contributed by atoms with E-state index in [-0.39, 0.29) is 16.6 Å². The summed E-state index contributed by atoms with van der Waals surface area (Å²) in [4.78, 5) is 11.0. The van der Waals surface area contributed by atoms with Gasteiger partial charge < -0.3 is 14.6 Å². The molecule has 1 atom stereocenters. The molecule has 2 aliphatic rings. The number of benzene rings is 1. The van der Waals surface area contributed by atoms with Crippen LogP contribution in [0.25, 0.3) is 0 Å². The molecule has 1 aliphatic heterocycles. The van der Waals surface area contributed by atoms with Crippen molar-refractivity contribution < 1.29 is 19.4 Å². The van der Waals surface area contributed by atoms with E-state index in [9.17, 15) is 4.79 Å². The molecule has 1 heterocycles. The van der Waals surface area contributed by atoms with Crippen LogP contribution in [0, 0.1) is 0 Å². The molecule has 0 saturated heterocycles. The molecule has 4 nitrogen and oxygen atoms in total. The molecule has 1 aromatic carbocycles. The third-order valence-electron chi connectivity index (χ3n) is 4.70. The Bertz CT molecular complexity index is 566. The lowest BCUT2D eigenvalue weighted by Crippen LogP contribution is -2.42. The molecule has 1 N–H and O–H groups in total. The predicted octanol–water partition coefficient (Wildman–Crippen LogP) is 4.43. The molecule has 1 aliphatic carbocycles. The lowest BCUT2D eigenvalue weighted by molar-refractivity contribution is -0.133. The van der Waals surface area contributed by atoms with Crippen molar-refractivity contribution in [3.63, 3.8) is 0 Å². The number of thioether (sulfide) groups is 1. The second kappa shape index (κ2) is 7.04. The van der Waals surface area contributed by atoms with E-state index in [0.29, 0.717) is 6.61 Å². The normalized spacial score (nSPS) is 22.2. The van der Waals surface area contributed by atoms with Crippen LogP contribution >= 0.6 is 11.8 Å². The van der Waals surface area contributed by atoms with Crippen LogP contribution in [-0.4, -0.2) is 29.0 Å². The first-order valence-electron chi connectivity index (χ1n) is 8.41. The fraction of sp³-hybridized carbons (Fsp3) is 0.611. The summed E-state index contributed by atoms with van der Waals surface area (Å²) < 4.78 is 12.0. The zero-order chi connectivity index (χ0) is 16.3. The molecule has 0 aromatic heterocycles. The number of hydrogen-bond donors (Lipinski definition) is 1. The molecule has 0 amide bonds. The summed E-state index contributed by atoms with van der Waals surface area (Å²) >= 11 is 1.51. The Morgan fingerprint density at radius 1 is 1.39 bits per heavy atom. The first-order valence-corrected chi connectivity index (χ1v) is 9.46. The SMILES string of the molecule is CCOc1ccc2c(c1)[C@H](SCC(=O)O)CC1(CCCCC1)O2. The Kier molecular flexibility index (Phi) is 5.05. The third kappa shape index (κ3) is 3.77. The van der Waals surface area contributed by atoms with Gasteiger partial charge >= 0.3 is 5.97 Å². The van der Waals surface area contributed by atoms with E-state index in [4.69, 9.17) is 14.6 Å². The molecule has 0 radical (unpaired) electrons. The van der Waals surface area contributed by atoms with Crippen molar-refractivity contribution in [3.8, 4) is 11.5 Å². The average Bonchev–Trinajstić information content (AvgIpc) is 2.54. The van der Waals surface area contributed by atoms with Gasteiger partial charge in [0.1, 0.15) is 17.1 Å². The number of carboxylic acids is 1. The van der Waals surface area contributed by atoms with Crippen molar-refractivity contribution in [2.45, 2.75) is 56.3 Å². The highest BCUT2D eigenvalue weighted by Gasteiger charge is 2.42. The van der Waals surface area contributed by atoms with Crippen molar-refractivity contribution in [2.75, 3.05) is 12.4 Å². The highest BCUT2D eigenvalue weighted by molar-refractivity contribution is 8.00. The molecule has 0 bridgehead atoms.